The molecule has 2 heterocycles. The molecule has 26 heavy (non-hydrogen) atoms. The van der Waals surface area contributed by atoms with Gasteiger partial charge in [0.2, 0.25) is 0 Å². The number of hydrogen-bond acceptors (Lipinski definition) is 4. The van der Waals surface area contributed by atoms with E-state index in [9.17, 15) is 4.79 Å². The van der Waals surface area contributed by atoms with Crippen LogP contribution in [-0.2, 0) is 4.74 Å². The Balaban J connectivity index is 1.77. The Labute approximate surface area is 161 Å². The van der Waals surface area contributed by atoms with Gasteiger partial charge < -0.3 is 19.7 Å². The van der Waals surface area contributed by atoms with Gasteiger partial charge in [-0.1, -0.05) is 28.1 Å². The van der Waals surface area contributed by atoms with Crippen molar-refractivity contribution in [1.82, 2.24) is 4.90 Å². The van der Waals surface area contributed by atoms with Gasteiger partial charge in [0.25, 0.3) is 5.91 Å². The van der Waals surface area contributed by atoms with Gasteiger partial charge in [0.1, 0.15) is 11.9 Å². The monoisotopic (exact) mass is 416 g/mol. The molecule has 5 nitrogen and oxygen atoms in total. The first-order valence-corrected chi connectivity index (χ1v) is 9.58. The number of carbonyl (C=O) groups excluding carboxylic acids is 1. The van der Waals surface area contributed by atoms with Crippen LogP contribution >= 0.6 is 15.9 Å². The second-order valence-electron chi connectivity index (χ2n) is 6.57. The normalized spacial score (nSPS) is 22.1. The molecule has 1 saturated heterocycles. The van der Waals surface area contributed by atoms with E-state index in [2.05, 4.69) is 21.2 Å². The second kappa shape index (κ2) is 7.29. The maximum atomic E-state index is 13.3. The minimum Gasteiger partial charge on any atom is -0.496 e. The summed E-state index contributed by atoms with van der Waals surface area (Å²) < 4.78 is 12.3. The van der Waals surface area contributed by atoms with Crippen LogP contribution in [0.25, 0.3) is 0 Å². The predicted octanol–water partition coefficient (Wildman–Crippen LogP) is 4.20. The number of halogens is 1. The third-order valence-corrected chi connectivity index (χ3v) is 5.43. The molecule has 2 atom stereocenters. The van der Waals surface area contributed by atoms with Crippen LogP contribution in [0.5, 0.6) is 5.75 Å². The van der Waals surface area contributed by atoms with E-state index in [0.29, 0.717) is 12.1 Å². The lowest BCUT2D eigenvalue weighted by Crippen LogP contribution is -2.46. The molecule has 0 aromatic heterocycles. The molecule has 0 aliphatic carbocycles. The van der Waals surface area contributed by atoms with Crippen LogP contribution in [0.15, 0.2) is 46.9 Å². The SMILES string of the molecule is COc1ccc(Br)cc1[C@@H]1Nc2ccccc2C(=O)N1C[C@@H]1CCCO1. The average molecular weight is 417 g/mol. The van der Waals surface area contributed by atoms with E-state index in [1.54, 1.807) is 7.11 Å². The van der Waals surface area contributed by atoms with Crippen LogP contribution < -0.4 is 10.1 Å². The van der Waals surface area contributed by atoms with E-state index >= 15 is 0 Å². The van der Waals surface area contributed by atoms with Crippen LogP contribution in [0, 0.1) is 0 Å². The number of ether oxygens (including phenoxy) is 2. The lowest BCUT2D eigenvalue weighted by Gasteiger charge is -2.39. The molecule has 2 aromatic carbocycles. The van der Waals surface area contributed by atoms with Crippen LogP contribution in [0.2, 0.25) is 0 Å². The number of hydrogen-bond donors (Lipinski definition) is 1. The standard InChI is InChI=1S/C20H21BrN2O3/c1-25-18-9-8-13(21)11-16(18)19-22-17-7-3-2-6-15(17)20(24)23(19)12-14-5-4-10-26-14/h2-3,6-9,11,14,19,22H,4-5,10,12H2,1H3/t14-,19+/m0/s1. The highest BCUT2D eigenvalue weighted by molar-refractivity contribution is 9.10. The summed E-state index contributed by atoms with van der Waals surface area (Å²) in [5, 5.41) is 3.52. The maximum absolute atomic E-state index is 13.3. The summed E-state index contributed by atoms with van der Waals surface area (Å²) in [5.74, 6) is 0.761. The number of methoxy groups -OCH3 is 1. The van der Waals surface area contributed by atoms with Crippen molar-refractivity contribution >= 4 is 27.5 Å². The number of anilines is 1. The Morgan fingerprint density at radius 1 is 1.31 bits per heavy atom. The smallest absolute Gasteiger partial charge is 0.257 e. The highest BCUT2D eigenvalue weighted by atomic mass is 79.9. The largest absolute Gasteiger partial charge is 0.496 e. The highest BCUT2D eigenvalue weighted by Gasteiger charge is 2.36. The van der Waals surface area contributed by atoms with Gasteiger partial charge in [0, 0.05) is 28.9 Å². The Morgan fingerprint density at radius 2 is 2.15 bits per heavy atom. The fourth-order valence-electron chi connectivity index (χ4n) is 3.65. The van der Waals surface area contributed by atoms with Gasteiger partial charge in [0.05, 0.1) is 18.8 Å². The molecule has 2 aliphatic heterocycles. The molecule has 0 bridgehead atoms. The zero-order valence-corrected chi connectivity index (χ0v) is 16.2. The van der Waals surface area contributed by atoms with E-state index in [0.717, 1.165) is 40.9 Å². The third-order valence-electron chi connectivity index (χ3n) is 4.93. The lowest BCUT2D eigenvalue weighted by molar-refractivity contribution is 0.0424. The van der Waals surface area contributed by atoms with E-state index in [1.165, 1.54) is 0 Å². The fraction of sp³-hybridized carbons (Fsp3) is 0.350. The molecule has 0 saturated carbocycles. The number of benzene rings is 2. The molecule has 1 N–H and O–H groups in total. The minimum atomic E-state index is -0.311. The topological polar surface area (TPSA) is 50.8 Å². The number of carbonyl (C=O) groups is 1. The molecule has 0 radical (unpaired) electrons. The van der Waals surface area contributed by atoms with Crippen LogP contribution in [0.4, 0.5) is 5.69 Å². The minimum absolute atomic E-state index is 0.0156. The molecule has 4 rings (SSSR count). The summed E-state index contributed by atoms with van der Waals surface area (Å²) in [4.78, 5) is 15.1. The van der Waals surface area contributed by atoms with Gasteiger partial charge in [-0.15, -0.1) is 0 Å². The van der Waals surface area contributed by atoms with Crippen LogP contribution in [0.3, 0.4) is 0 Å². The Bertz CT molecular complexity index is 820. The maximum Gasteiger partial charge on any atom is 0.257 e. The van der Waals surface area contributed by atoms with E-state index in [4.69, 9.17) is 9.47 Å². The molecule has 2 aromatic rings. The molecular formula is C20H21BrN2O3. The summed E-state index contributed by atoms with van der Waals surface area (Å²) in [6.45, 7) is 1.32. The lowest BCUT2D eigenvalue weighted by atomic mass is 10.0. The van der Waals surface area contributed by atoms with Crippen molar-refractivity contribution in [1.29, 1.82) is 0 Å². The van der Waals surface area contributed by atoms with Gasteiger partial charge in [-0.25, -0.2) is 0 Å². The first-order chi connectivity index (χ1) is 12.7. The Kier molecular flexibility index (Phi) is 4.87. The molecule has 0 spiro atoms. The van der Waals surface area contributed by atoms with Gasteiger partial charge in [-0.3, -0.25) is 4.79 Å². The predicted molar refractivity (Wildman–Crippen MR) is 104 cm³/mol. The number of nitrogens with zero attached hydrogens (tertiary/aromatic N) is 1. The van der Waals surface area contributed by atoms with Gasteiger partial charge in [-0.05, 0) is 43.2 Å². The fourth-order valence-corrected chi connectivity index (χ4v) is 4.03. The first-order valence-electron chi connectivity index (χ1n) is 8.79. The summed E-state index contributed by atoms with van der Waals surface area (Å²) in [6, 6.07) is 13.5. The number of fused-ring (bicyclic) bond motifs is 1. The molecule has 136 valence electrons. The molecular weight excluding hydrogens is 396 g/mol. The van der Waals surface area contributed by atoms with E-state index in [-0.39, 0.29) is 18.2 Å². The van der Waals surface area contributed by atoms with Crippen molar-refractivity contribution < 1.29 is 14.3 Å². The Hall–Kier alpha value is -2.05. The highest BCUT2D eigenvalue weighted by Crippen LogP contribution is 2.38. The first kappa shape index (κ1) is 17.4. The van der Waals surface area contributed by atoms with Gasteiger partial charge in [0.15, 0.2) is 0 Å². The Morgan fingerprint density at radius 3 is 2.92 bits per heavy atom. The summed E-state index contributed by atoms with van der Waals surface area (Å²) >= 11 is 3.54. The van der Waals surface area contributed by atoms with Crippen molar-refractivity contribution in [2.24, 2.45) is 0 Å². The third kappa shape index (κ3) is 3.19. The molecule has 1 amide bonds. The number of rotatable bonds is 4. The van der Waals surface area contributed by atoms with Crippen molar-refractivity contribution in [2.75, 3.05) is 25.6 Å². The zero-order valence-electron chi connectivity index (χ0n) is 14.6. The van der Waals surface area contributed by atoms with E-state index in [1.807, 2.05) is 47.4 Å². The summed E-state index contributed by atoms with van der Waals surface area (Å²) in [7, 11) is 1.65. The van der Waals surface area contributed by atoms with Crippen molar-refractivity contribution in [3.8, 4) is 5.75 Å². The van der Waals surface area contributed by atoms with Crippen LogP contribution in [-0.4, -0.2) is 37.2 Å². The van der Waals surface area contributed by atoms with E-state index < -0.39 is 0 Å². The molecule has 6 heteroatoms. The van der Waals surface area contributed by atoms with Gasteiger partial charge >= 0.3 is 0 Å². The molecule has 2 aliphatic rings. The van der Waals surface area contributed by atoms with Crippen LogP contribution in [0.1, 0.15) is 34.9 Å². The average Bonchev–Trinajstić information content (AvgIpc) is 3.17. The number of amides is 1. The number of nitrogens with one attached hydrogen (secondary N) is 1. The van der Waals surface area contributed by atoms with Gasteiger partial charge in [-0.2, -0.15) is 0 Å². The quantitative estimate of drug-likeness (QED) is 0.810. The van der Waals surface area contributed by atoms with Crippen molar-refractivity contribution in [2.45, 2.75) is 25.1 Å². The summed E-state index contributed by atoms with van der Waals surface area (Å²) in [5.41, 5.74) is 2.45. The zero-order chi connectivity index (χ0) is 18.1. The second-order valence-corrected chi connectivity index (χ2v) is 7.49. The molecule has 1 fully saturated rings. The van der Waals surface area contributed by atoms with Crippen molar-refractivity contribution in [3.05, 3.63) is 58.1 Å². The van der Waals surface area contributed by atoms with Crippen molar-refractivity contribution in [3.63, 3.8) is 0 Å². The molecule has 0 unspecified atom stereocenters. The number of para-hydroxylation sites is 1. The summed E-state index contributed by atoms with van der Waals surface area (Å²) in [6.07, 6.45) is 1.79.